The topological polar surface area (TPSA) is 52.8 Å². The van der Waals surface area contributed by atoms with E-state index in [0.717, 1.165) is 41.6 Å². The van der Waals surface area contributed by atoms with Crippen molar-refractivity contribution in [1.82, 2.24) is 10.2 Å². The zero-order chi connectivity index (χ0) is 14.7. The van der Waals surface area contributed by atoms with Crippen LogP contribution in [-0.4, -0.2) is 23.3 Å². The van der Waals surface area contributed by atoms with Crippen molar-refractivity contribution >= 4 is 16.5 Å². The summed E-state index contributed by atoms with van der Waals surface area (Å²) in [6.45, 7) is 1.73. The van der Waals surface area contributed by atoms with Crippen molar-refractivity contribution in [3.05, 3.63) is 40.7 Å². The van der Waals surface area contributed by atoms with Crippen molar-refractivity contribution in [2.45, 2.75) is 19.3 Å². The van der Waals surface area contributed by atoms with Crippen LogP contribution in [0.4, 0.5) is 9.52 Å². The summed E-state index contributed by atoms with van der Waals surface area (Å²) in [5.74, 6) is -0.0510. The molecule has 0 amide bonds. The first-order valence-electron chi connectivity index (χ1n) is 6.96. The van der Waals surface area contributed by atoms with Crippen LogP contribution in [0.1, 0.15) is 23.4 Å². The van der Waals surface area contributed by atoms with Gasteiger partial charge in [-0.3, -0.25) is 0 Å². The van der Waals surface area contributed by atoms with Crippen molar-refractivity contribution in [2.75, 3.05) is 18.0 Å². The average Bonchev–Trinajstić information content (AvgIpc) is 2.98. The molecule has 0 N–H and O–H groups in total. The maximum atomic E-state index is 12.9. The molecule has 6 heteroatoms. The van der Waals surface area contributed by atoms with Crippen LogP contribution in [0.25, 0.3) is 0 Å². The molecule has 2 heterocycles. The molecule has 4 nitrogen and oxygen atoms in total. The first-order valence-corrected chi connectivity index (χ1v) is 7.77. The Bertz CT molecular complexity index is 638. The van der Waals surface area contributed by atoms with E-state index in [2.05, 4.69) is 21.2 Å². The lowest BCUT2D eigenvalue weighted by Gasteiger charge is -2.28. The number of halogens is 1. The number of hydrogen-bond acceptors (Lipinski definition) is 5. The molecule has 1 aliphatic rings. The lowest BCUT2D eigenvalue weighted by molar-refractivity contribution is 0.486. The van der Waals surface area contributed by atoms with Crippen molar-refractivity contribution in [2.24, 2.45) is 5.92 Å². The number of anilines is 1. The zero-order valence-electron chi connectivity index (χ0n) is 11.5. The van der Waals surface area contributed by atoms with Gasteiger partial charge in [0.25, 0.3) is 0 Å². The van der Waals surface area contributed by atoms with Crippen LogP contribution in [0.2, 0.25) is 0 Å². The fourth-order valence-corrected chi connectivity index (χ4v) is 3.35. The number of nitrogens with zero attached hydrogens (tertiary/aromatic N) is 4. The Balaban J connectivity index is 1.64. The number of hydrogen-bond donors (Lipinski definition) is 0. The first-order chi connectivity index (χ1) is 10.2. The highest BCUT2D eigenvalue weighted by Crippen LogP contribution is 2.26. The van der Waals surface area contributed by atoms with Gasteiger partial charge in [0.15, 0.2) is 0 Å². The van der Waals surface area contributed by atoms with Crippen LogP contribution in [0.3, 0.4) is 0 Å². The molecule has 1 fully saturated rings. The number of aromatic nitrogens is 2. The van der Waals surface area contributed by atoms with Crippen LogP contribution in [0.15, 0.2) is 24.3 Å². The first kappa shape index (κ1) is 14.0. The number of benzene rings is 1. The number of nitriles is 1. The van der Waals surface area contributed by atoms with Gasteiger partial charge in [0, 0.05) is 25.4 Å². The van der Waals surface area contributed by atoms with Crippen LogP contribution in [0.5, 0.6) is 0 Å². The smallest absolute Gasteiger partial charge is 0.208 e. The molecule has 108 valence electrons. The van der Waals surface area contributed by atoms with Gasteiger partial charge in [-0.05, 0) is 30.5 Å². The summed E-state index contributed by atoms with van der Waals surface area (Å²) in [7, 11) is 0. The molecule has 0 atom stereocenters. The molecule has 0 spiro atoms. The second-order valence-electron chi connectivity index (χ2n) is 5.17. The van der Waals surface area contributed by atoms with Gasteiger partial charge in [-0.1, -0.05) is 23.5 Å². The van der Waals surface area contributed by atoms with Crippen molar-refractivity contribution in [3.8, 4) is 6.07 Å². The van der Waals surface area contributed by atoms with Gasteiger partial charge in [-0.25, -0.2) is 4.39 Å². The molecule has 21 heavy (non-hydrogen) atoms. The minimum absolute atomic E-state index is 0.174. The summed E-state index contributed by atoms with van der Waals surface area (Å²) in [6.07, 6.45) is 2.46. The molecule has 1 aromatic heterocycles. The molecule has 0 saturated carbocycles. The second-order valence-corrected chi connectivity index (χ2v) is 6.21. The van der Waals surface area contributed by atoms with E-state index in [1.807, 2.05) is 0 Å². The molecular weight excluding hydrogens is 287 g/mol. The van der Waals surface area contributed by atoms with Crippen LogP contribution >= 0.6 is 11.3 Å². The van der Waals surface area contributed by atoms with Crippen LogP contribution in [-0.2, 0) is 6.42 Å². The molecule has 2 aromatic rings. The van der Waals surface area contributed by atoms with E-state index in [1.165, 1.54) is 12.1 Å². The van der Waals surface area contributed by atoms with E-state index in [1.54, 1.807) is 23.5 Å². The average molecular weight is 302 g/mol. The Morgan fingerprint density at radius 3 is 2.62 bits per heavy atom. The molecule has 0 aliphatic carbocycles. The third-order valence-corrected chi connectivity index (χ3v) is 4.66. The van der Waals surface area contributed by atoms with Crippen LogP contribution in [0, 0.1) is 23.1 Å². The SMILES string of the molecule is N#CC1CCN(c2nnc(Cc3ccc(F)cc3)s2)CC1. The van der Waals surface area contributed by atoms with Gasteiger partial charge in [-0.15, -0.1) is 10.2 Å². The molecule has 1 aliphatic heterocycles. The monoisotopic (exact) mass is 302 g/mol. The van der Waals surface area contributed by atoms with E-state index in [9.17, 15) is 4.39 Å². The van der Waals surface area contributed by atoms with E-state index in [4.69, 9.17) is 5.26 Å². The Morgan fingerprint density at radius 1 is 1.24 bits per heavy atom. The summed E-state index contributed by atoms with van der Waals surface area (Å²) < 4.78 is 12.9. The van der Waals surface area contributed by atoms with Crippen LogP contribution < -0.4 is 4.90 Å². The highest BCUT2D eigenvalue weighted by Gasteiger charge is 2.21. The largest absolute Gasteiger partial charge is 0.347 e. The van der Waals surface area contributed by atoms with Crippen molar-refractivity contribution in [3.63, 3.8) is 0 Å². The fourth-order valence-electron chi connectivity index (χ4n) is 2.42. The van der Waals surface area contributed by atoms with E-state index in [0.29, 0.717) is 6.42 Å². The van der Waals surface area contributed by atoms with Crippen molar-refractivity contribution in [1.29, 1.82) is 5.26 Å². The lowest BCUT2D eigenvalue weighted by Crippen LogP contribution is -2.33. The fraction of sp³-hybridized carbons (Fsp3) is 0.400. The third kappa shape index (κ3) is 3.37. The molecule has 3 rings (SSSR count). The van der Waals surface area contributed by atoms with Gasteiger partial charge in [0.05, 0.1) is 6.07 Å². The Morgan fingerprint density at radius 2 is 1.95 bits per heavy atom. The Labute approximate surface area is 126 Å². The van der Waals surface area contributed by atoms with Gasteiger partial charge in [-0.2, -0.15) is 5.26 Å². The van der Waals surface area contributed by atoms with E-state index >= 15 is 0 Å². The van der Waals surface area contributed by atoms with E-state index in [-0.39, 0.29) is 11.7 Å². The third-order valence-electron chi connectivity index (χ3n) is 3.67. The molecule has 0 radical (unpaired) electrons. The highest BCUT2D eigenvalue weighted by atomic mass is 32.1. The maximum Gasteiger partial charge on any atom is 0.208 e. The molecular formula is C15H15FN4S. The van der Waals surface area contributed by atoms with Gasteiger partial charge in [0.1, 0.15) is 10.8 Å². The highest BCUT2D eigenvalue weighted by molar-refractivity contribution is 7.15. The predicted octanol–water partition coefficient (Wildman–Crippen LogP) is 3.01. The maximum absolute atomic E-state index is 12.9. The molecule has 0 bridgehead atoms. The summed E-state index contributed by atoms with van der Waals surface area (Å²) in [4.78, 5) is 2.19. The normalized spacial score (nSPS) is 15.9. The van der Waals surface area contributed by atoms with Gasteiger partial charge in [0.2, 0.25) is 5.13 Å². The number of piperidine rings is 1. The van der Waals surface area contributed by atoms with Gasteiger partial charge >= 0.3 is 0 Å². The predicted molar refractivity (Wildman–Crippen MR) is 79.7 cm³/mol. The summed E-state index contributed by atoms with van der Waals surface area (Å²) >= 11 is 1.57. The van der Waals surface area contributed by atoms with Crippen molar-refractivity contribution < 1.29 is 4.39 Å². The van der Waals surface area contributed by atoms with E-state index < -0.39 is 0 Å². The Kier molecular flexibility index (Phi) is 4.11. The zero-order valence-corrected chi connectivity index (χ0v) is 12.3. The molecule has 1 aromatic carbocycles. The Hall–Kier alpha value is -2.00. The minimum atomic E-state index is -0.225. The summed E-state index contributed by atoms with van der Waals surface area (Å²) in [6, 6.07) is 8.80. The van der Waals surface area contributed by atoms with Gasteiger partial charge < -0.3 is 4.90 Å². The second kappa shape index (κ2) is 6.19. The minimum Gasteiger partial charge on any atom is -0.347 e. The lowest BCUT2D eigenvalue weighted by atomic mass is 9.99. The summed E-state index contributed by atoms with van der Waals surface area (Å²) in [5.41, 5.74) is 1.03. The summed E-state index contributed by atoms with van der Waals surface area (Å²) in [5, 5.41) is 19.2. The number of rotatable bonds is 3. The standard InChI is InChI=1S/C15H15FN4S/c16-13-3-1-11(2-4-13)9-14-18-19-15(21-14)20-7-5-12(10-17)6-8-20/h1-4,12H,5-9H2. The molecule has 0 unspecified atom stereocenters. The molecule has 1 saturated heterocycles. The quantitative estimate of drug-likeness (QED) is 0.874.